The molecule has 0 spiro atoms. The van der Waals surface area contributed by atoms with Crippen molar-refractivity contribution in [3.05, 3.63) is 34.3 Å². The molecule has 1 aromatic rings. The molecule has 0 heterocycles. The Morgan fingerprint density at radius 3 is 2.62 bits per heavy atom. The summed E-state index contributed by atoms with van der Waals surface area (Å²) in [6.45, 7) is 4.18. The maximum Gasteiger partial charge on any atom is 0.251 e. The fraction of sp³-hybridized carbons (Fsp3) is 0.417. The van der Waals surface area contributed by atoms with Crippen molar-refractivity contribution in [3.63, 3.8) is 0 Å². The topological polar surface area (TPSA) is 29.1 Å². The van der Waals surface area contributed by atoms with Gasteiger partial charge in [-0.3, -0.25) is 4.79 Å². The molecule has 88 valence electrons. The van der Waals surface area contributed by atoms with E-state index in [4.69, 9.17) is 0 Å². The Kier molecular flexibility index (Phi) is 5.49. The summed E-state index contributed by atoms with van der Waals surface area (Å²) in [4.78, 5) is 11.9. The molecule has 0 aliphatic rings. The lowest BCUT2D eigenvalue weighted by molar-refractivity contribution is 0.0931. The van der Waals surface area contributed by atoms with Gasteiger partial charge in [-0.2, -0.15) is 0 Å². The second-order valence-corrected chi connectivity index (χ2v) is 5.55. The number of benzene rings is 1. The Morgan fingerprint density at radius 2 is 2.12 bits per heavy atom. The van der Waals surface area contributed by atoms with E-state index in [9.17, 15) is 4.79 Å². The number of amides is 1. The van der Waals surface area contributed by atoms with Crippen molar-refractivity contribution in [3.8, 4) is 0 Å². The maximum absolute atomic E-state index is 11.9. The first-order valence-electron chi connectivity index (χ1n) is 5.17. The van der Waals surface area contributed by atoms with Crippen LogP contribution in [0.4, 0.5) is 0 Å². The van der Waals surface area contributed by atoms with Gasteiger partial charge in [-0.25, -0.2) is 0 Å². The standard InChI is InChI=1S/C12H15Br2NO/c1-8(2)11(7-13)15-12(16)9-4-3-5-10(14)6-9/h3-6,8,11H,7H2,1-2H3,(H,15,16). The van der Waals surface area contributed by atoms with Crippen molar-refractivity contribution in [2.45, 2.75) is 19.9 Å². The van der Waals surface area contributed by atoms with Gasteiger partial charge in [0.2, 0.25) is 0 Å². The largest absolute Gasteiger partial charge is 0.348 e. The zero-order valence-corrected chi connectivity index (χ0v) is 12.5. The molecule has 1 amide bonds. The number of alkyl halides is 1. The van der Waals surface area contributed by atoms with Crippen molar-refractivity contribution >= 4 is 37.8 Å². The second kappa shape index (κ2) is 6.40. The van der Waals surface area contributed by atoms with E-state index < -0.39 is 0 Å². The fourth-order valence-electron chi connectivity index (χ4n) is 1.26. The van der Waals surface area contributed by atoms with Gasteiger partial charge in [0.15, 0.2) is 0 Å². The molecule has 0 saturated heterocycles. The van der Waals surface area contributed by atoms with Crippen LogP contribution in [0.25, 0.3) is 0 Å². The zero-order valence-electron chi connectivity index (χ0n) is 9.34. The van der Waals surface area contributed by atoms with E-state index in [0.29, 0.717) is 11.5 Å². The van der Waals surface area contributed by atoms with E-state index in [1.807, 2.05) is 24.3 Å². The number of halogens is 2. The quantitative estimate of drug-likeness (QED) is 0.827. The molecule has 0 aromatic heterocycles. The first-order valence-corrected chi connectivity index (χ1v) is 7.08. The van der Waals surface area contributed by atoms with E-state index in [0.717, 1.165) is 9.80 Å². The summed E-state index contributed by atoms with van der Waals surface area (Å²) in [5.74, 6) is 0.384. The minimum Gasteiger partial charge on any atom is -0.348 e. The first-order chi connectivity index (χ1) is 7.54. The third-order valence-electron chi connectivity index (χ3n) is 2.37. The lowest BCUT2D eigenvalue weighted by atomic mass is 10.1. The molecule has 1 atom stereocenters. The minimum atomic E-state index is -0.0283. The lowest BCUT2D eigenvalue weighted by Crippen LogP contribution is -2.39. The van der Waals surface area contributed by atoms with Crippen molar-refractivity contribution in [2.75, 3.05) is 5.33 Å². The number of nitrogens with one attached hydrogen (secondary N) is 1. The van der Waals surface area contributed by atoms with Crippen LogP contribution in [0, 0.1) is 5.92 Å². The molecule has 0 bridgehead atoms. The van der Waals surface area contributed by atoms with E-state index in [1.165, 1.54) is 0 Å². The Morgan fingerprint density at radius 1 is 1.44 bits per heavy atom. The average Bonchev–Trinajstić information content (AvgIpc) is 2.25. The Labute approximate surface area is 113 Å². The summed E-state index contributed by atoms with van der Waals surface area (Å²) < 4.78 is 0.917. The van der Waals surface area contributed by atoms with E-state index >= 15 is 0 Å². The molecular weight excluding hydrogens is 334 g/mol. The summed E-state index contributed by atoms with van der Waals surface area (Å²) in [7, 11) is 0. The molecule has 1 N–H and O–H groups in total. The van der Waals surface area contributed by atoms with Gasteiger partial charge in [0, 0.05) is 21.4 Å². The van der Waals surface area contributed by atoms with Crippen LogP contribution in [-0.2, 0) is 0 Å². The Balaban J connectivity index is 2.72. The van der Waals surface area contributed by atoms with Crippen LogP contribution in [0.3, 0.4) is 0 Å². The van der Waals surface area contributed by atoms with Gasteiger partial charge in [0.1, 0.15) is 0 Å². The summed E-state index contributed by atoms with van der Waals surface area (Å²) >= 11 is 6.76. The van der Waals surface area contributed by atoms with Crippen LogP contribution in [0.1, 0.15) is 24.2 Å². The first kappa shape index (κ1) is 13.7. The summed E-state index contributed by atoms with van der Waals surface area (Å²) in [5.41, 5.74) is 0.681. The van der Waals surface area contributed by atoms with E-state index in [2.05, 4.69) is 51.0 Å². The molecule has 1 unspecified atom stereocenters. The fourth-order valence-corrected chi connectivity index (χ4v) is 2.57. The van der Waals surface area contributed by atoms with Gasteiger partial charge in [-0.1, -0.05) is 51.8 Å². The molecule has 4 heteroatoms. The van der Waals surface area contributed by atoms with Crippen molar-refractivity contribution in [2.24, 2.45) is 5.92 Å². The minimum absolute atomic E-state index is 0.0283. The van der Waals surface area contributed by atoms with Crippen LogP contribution in [0.15, 0.2) is 28.7 Å². The predicted octanol–water partition coefficient (Wildman–Crippen LogP) is 3.60. The highest BCUT2D eigenvalue weighted by Gasteiger charge is 2.15. The molecule has 2 nitrogen and oxygen atoms in total. The molecule has 0 fully saturated rings. The van der Waals surface area contributed by atoms with Crippen LogP contribution in [0.2, 0.25) is 0 Å². The van der Waals surface area contributed by atoms with Gasteiger partial charge >= 0.3 is 0 Å². The Bertz CT molecular complexity index is 366. The second-order valence-electron chi connectivity index (χ2n) is 3.99. The van der Waals surface area contributed by atoms with Gasteiger partial charge in [-0.15, -0.1) is 0 Å². The van der Waals surface area contributed by atoms with Crippen LogP contribution < -0.4 is 5.32 Å². The van der Waals surface area contributed by atoms with Crippen LogP contribution in [-0.4, -0.2) is 17.3 Å². The lowest BCUT2D eigenvalue weighted by Gasteiger charge is -2.19. The van der Waals surface area contributed by atoms with Crippen LogP contribution >= 0.6 is 31.9 Å². The third-order valence-corrected chi connectivity index (χ3v) is 3.57. The zero-order chi connectivity index (χ0) is 12.1. The van der Waals surface area contributed by atoms with Crippen molar-refractivity contribution in [1.29, 1.82) is 0 Å². The average molecular weight is 349 g/mol. The number of rotatable bonds is 4. The number of carbonyl (C=O) groups excluding carboxylic acids is 1. The molecule has 1 aromatic carbocycles. The highest BCUT2D eigenvalue weighted by Crippen LogP contribution is 2.12. The predicted molar refractivity (Wildman–Crippen MR) is 74.0 cm³/mol. The SMILES string of the molecule is CC(C)C(CBr)NC(=O)c1cccc(Br)c1. The molecule has 0 saturated carbocycles. The number of hydrogen-bond donors (Lipinski definition) is 1. The summed E-state index contributed by atoms with van der Waals surface area (Å²) in [5, 5.41) is 3.77. The number of hydrogen-bond acceptors (Lipinski definition) is 1. The third kappa shape index (κ3) is 3.91. The van der Waals surface area contributed by atoms with Crippen LogP contribution in [0.5, 0.6) is 0 Å². The highest BCUT2D eigenvalue weighted by molar-refractivity contribution is 9.10. The number of carbonyl (C=O) groups is 1. The molecule has 0 radical (unpaired) electrons. The smallest absolute Gasteiger partial charge is 0.251 e. The molecular formula is C12H15Br2NO. The van der Waals surface area contributed by atoms with E-state index in [-0.39, 0.29) is 11.9 Å². The molecule has 16 heavy (non-hydrogen) atoms. The van der Waals surface area contributed by atoms with Crippen molar-refractivity contribution < 1.29 is 4.79 Å². The maximum atomic E-state index is 11.9. The summed E-state index contributed by atoms with van der Waals surface area (Å²) in [6.07, 6.45) is 0. The van der Waals surface area contributed by atoms with E-state index in [1.54, 1.807) is 0 Å². The Hall–Kier alpha value is -0.350. The van der Waals surface area contributed by atoms with Gasteiger partial charge in [0.25, 0.3) is 5.91 Å². The molecule has 0 aliphatic carbocycles. The van der Waals surface area contributed by atoms with Gasteiger partial charge in [0.05, 0.1) is 0 Å². The summed E-state index contributed by atoms with van der Waals surface area (Å²) in [6, 6.07) is 7.55. The molecule has 1 rings (SSSR count). The molecule has 0 aliphatic heterocycles. The monoisotopic (exact) mass is 347 g/mol. The normalized spacial score (nSPS) is 12.6. The van der Waals surface area contributed by atoms with Gasteiger partial charge in [-0.05, 0) is 24.1 Å². The highest BCUT2D eigenvalue weighted by atomic mass is 79.9. The van der Waals surface area contributed by atoms with Gasteiger partial charge < -0.3 is 5.32 Å². The van der Waals surface area contributed by atoms with Crippen molar-refractivity contribution in [1.82, 2.24) is 5.32 Å².